The van der Waals surface area contributed by atoms with Crippen LogP contribution < -0.4 is 11.2 Å². The lowest BCUT2D eigenvalue weighted by molar-refractivity contribution is 0.249. The van der Waals surface area contributed by atoms with E-state index in [1.54, 1.807) is 0 Å². The van der Waals surface area contributed by atoms with Gasteiger partial charge in [0.25, 0.3) is 0 Å². The first-order valence-electron chi connectivity index (χ1n) is 4.27. The van der Waals surface area contributed by atoms with Gasteiger partial charge in [0, 0.05) is 5.56 Å². The summed E-state index contributed by atoms with van der Waals surface area (Å²) < 4.78 is 0. The van der Waals surface area contributed by atoms with E-state index in [1.807, 2.05) is 5.43 Å². The van der Waals surface area contributed by atoms with E-state index in [9.17, 15) is 15.0 Å². The highest BCUT2D eigenvalue weighted by atomic mass is 16.3. The second kappa shape index (κ2) is 4.39. The number of aromatic hydroxyl groups is 3. The van der Waals surface area contributed by atoms with Gasteiger partial charge in [-0.05, 0) is 19.1 Å². The molecule has 7 nitrogen and oxygen atoms in total. The van der Waals surface area contributed by atoms with E-state index < -0.39 is 23.3 Å². The minimum Gasteiger partial charge on any atom is -0.504 e. The summed E-state index contributed by atoms with van der Waals surface area (Å²) in [4.78, 5) is 10.4. The first-order valence-corrected chi connectivity index (χ1v) is 4.27. The second-order valence-corrected chi connectivity index (χ2v) is 3.00. The Bertz CT molecular complexity index is 456. The van der Waals surface area contributed by atoms with E-state index in [0.717, 1.165) is 0 Å². The van der Waals surface area contributed by atoms with Crippen molar-refractivity contribution in [1.29, 1.82) is 0 Å². The summed E-state index contributed by atoms with van der Waals surface area (Å²) in [5, 5.41) is 31.4. The molecule has 0 aromatic heterocycles. The number of amides is 2. The minimum absolute atomic E-state index is 0.170. The molecule has 1 rings (SSSR count). The number of benzene rings is 1. The van der Waals surface area contributed by atoms with Crippen LogP contribution in [0.3, 0.4) is 0 Å². The zero-order chi connectivity index (χ0) is 12.3. The van der Waals surface area contributed by atoms with Gasteiger partial charge in [-0.3, -0.25) is 0 Å². The van der Waals surface area contributed by atoms with Crippen LogP contribution in [0.15, 0.2) is 17.2 Å². The summed E-state index contributed by atoms with van der Waals surface area (Å²) >= 11 is 0. The first kappa shape index (κ1) is 11.6. The van der Waals surface area contributed by atoms with E-state index in [-0.39, 0.29) is 11.3 Å². The van der Waals surface area contributed by atoms with Gasteiger partial charge in [0.05, 0.1) is 5.71 Å². The predicted octanol–water partition coefficient (Wildman–Crippen LogP) is 0.196. The van der Waals surface area contributed by atoms with Crippen LogP contribution in [-0.2, 0) is 0 Å². The third kappa shape index (κ3) is 2.32. The molecule has 0 aliphatic carbocycles. The van der Waals surface area contributed by atoms with Gasteiger partial charge in [0.1, 0.15) is 0 Å². The van der Waals surface area contributed by atoms with Gasteiger partial charge < -0.3 is 21.1 Å². The number of rotatable bonds is 2. The molecule has 1 aromatic rings. The number of hydrazone groups is 1. The standard InChI is InChI=1S/C9H11N3O4/c1-4(11-12-9(10)16)5-2-3-6(13)8(15)7(5)14/h2-3,13-15H,1H3,(H3,10,12,16)/b11-4+. The highest BCUT2D eigenvalue weighted by Gasteiger charge is 2.12. The molecule has 0 spiro atoms. The number of carbonyl (C=O) groups is 1. The highest BCUT2D eigenvalue weighted by molar-refractivity contribution is 6.02. The number of phenolic OH excluding ortho intramolecular Hbond substituents is 3. The molecule has 0 saturated carbocycles. The molecule has 0 bridgehead atoms. The average Bonchev–Trinajstić information content (AvgIpc) is 2.23. The molecular weight excluding hydrogens is 214 g/mol. The number of nitrogens with two attached hydrogens (primary N) is 1. The number of hydrogen-bond donors (Lipinski definition) is 5. The topological polar surface area (TPSA) is 128 Å². The third-order valence-corrected chi connectivity index (χ3v) is 1.85. The summed E-state index contributed by atoms with van der Waals surface area (Å²) in [7, 11) is 0. The molecule has 0 radical (unpaired) electrons. The van der Waals surface area contributed by atoms with Crippen LogP contribution in [0.1, 0.15) is 12.5 Å². The fourth-order valence-corrected chi connectivity index (χ4v) is 1.06. The Hall–Kier alpha value is -2.44. The van der Waals surface area contributed by atoms with Crippen LogP contribution in [0.5, 0.6) is 17.2 Å². The van der Waals surface area contributed by atoms with Gasteiger partial charge in [-0.1, -0.05) is 0 Å². The Balaban J connectivity index is 3.10. The Morgan fingerprint density at radius 3 is 2.50 bits per heavy atom. The van der Waals surface area contributed by atoms with E-state index in [4.69, 9.17) is 10.8 Å². The number of urea groups is 1. The fourth-order valence-electron chi connectivity index (χ4n) is 1.06. The Morgan fingerprint density at radius 1 is 1.31 bits per heavy atom. The van der Waals surface area contributed by atoms with E-state index in [1.165, 1.54) is 19.1 Å². The lowest BCUT2D eigenvalue weighted by Gasteiger charge is -2.06. The molecular formula is C9H11N3O4. The Kier molecular flexibility index (Phi) is 3.19. The minimum atomic E-state index is -0.846. The van der Waals surface area contributed by atoms with Crippen LogP contribution in [0, 0.1) is 0 Å². The number of phenols is 3. The summed E-state index contributed by atoms with van der Waals surface area (Å²) in [6, 6.07) is 1.68. The number of primary amides is 1. The van der Waals surface area contributed by atoms with E-state index in [2.05, 4.69) is 5.10 Å². The Morgan fingerprint density at radius 2 is 1.94 bits per heavy atom. The number of nitrogens with one attached hydrogen (secondary N) is 1. The van der Waals surface area contributed by atoms with Crippen LogP contribution in [-0.4, -0.2) is 27.1 Å². The second-order valence-electron chi connectivity index (χ2n) is 3.00. The van der Waals surface area contributed by atoms with Crippen molar-refractivity contribution in [3.05, 3.63) is 17.7 Å². The third-order valence-electron chi connectivity index (χ3n) is 1.85. The maximum absolute atomic E-state index is 10.4. The molecule has 0 aliphatic rings. The van der Waals surface area contributed by atoms with Crippen molar-refractivity contribution < 1.29 is 20.1 Å². The van der Waals surface area contributed by atoms with Crippen LogP contribution >= 0.6 is 0 Å². The highest BCUT2D eigenvalue weighted by Crippen LogP contribution is 2.37. The number of hydrogen-bond acceptors (Lipinski definition) is 5. The van der Waals surface area contributed by atoms with Crippen LogP contribution in [0.25, 0.3) is 0 Å². The monoisotopic (exact) mass is 225 g/mol. The number of nitrogens with zero attached hydrogens (tertiary/aromatic N) is 1. The van der Waals surface area contributed by atoms with Gasteiger partial charge in [-0.15, -0.1) is 0 Å². The summed E-state index contributed by atoms with van der Waals surface area (Å²) in [6.45, 7) is 1.49. The Labute approximate surface area is 90.8 Å². The molecule has 16 heavy (non-hydrogen) atoms. The molecule has 0 saturated heterocycles. The molecule has 86 valence electrons. The molecule has 0 atom stereocenters. The maximum atomic E-state index is 10.4. The van der Waals surface area contributed by atoms with Gasteiger partial charge >= 0.3 is 6.03 Å². The molecule has 0 aliphatic heterocycles. The zero-order valence-electron chi connectivity index (χ0n) is 8.43. The van der Waals surface area contributed by atoms with Gasteiger partial charge in [-0.2, -0.15) is 5.10 Å². The summed E-state index contributed by atoms with van der Waals surface area (Å²) in [6.07, 6.45) is 0. The maximum Gasteiger partial charge on any atom is 0.332 e. The average molecular weight is 225 g/mol. The summed E-state index contributed by atoms with van der Waals surface area (Å²) in [5.74, 6) is -1.62. The molecule has 2 amide bonds. The van der Waals surface area contributed by atoms with Crippen molar-refractivity contribution in [2.24, 2.45) is 10.8 Å². The SMILES string of the molecule is C/C(=N\NC(N)=O)c1ccc(O)c(O)c1O. The largest absolute Gasteiger partial charge is 0.504 e. The molecule has 0 fully saturated rings. The molecule has 1 aromatic carbocycles. The quantitative estimate of drug-likeness (QED) is 0.279. The molecule has 0 heterocycles. The fraction of sp³-hybridized carbons (Fsp3) is 0.111. The van der Waals surface area contributed by atoms with Crippen molar-refractivity contribution in [2.75, 3.05) is 0 Å². The van der Waals surface area contributed by atoms with Gasteiger partial charge in [0.15, 0.2) is 11.5 Å². The number of carbonyl (C=O) groups excluding carboxylic acids is 1. The van der Waals surface area contributed by atoms with Gasteiger partial charge in [0.2, 0.25) is 5.75 Å². The van der Waals surface area contributed by atoms with Crippen molar-refractivity contribution in [1.82, 2.24) is 5.43 Å². The normalized spacial score (nSPS) is 11.2. The molecule has 6 N–H and O–H groups in total. The van der Waals surface area contributed by atoms with Crippen molar-refractivity contribution in [3.8, 4) is 17.2 Å². The molecule has 0 unspecified atom stereocenters. The van der Waals surface area contributed by atoms with Gasteiger partial charge in [-0.25, -0.2) is 10.2 Å². The smallest absolute Gasteiger partial charge is 0.332 e. The van der Waals surface area contributed by atoms with Crippen molar-refractivity contribution in [3.63, 3.8) is 0 Å². The van der Waals surface area contributed by atoms with Crippen LogP contribution in [0.2, 0.25) is 0 Å². The predicted molar refractivity (Wildman–Crippen MR) is 56.4 cm³/mol. The molecule has 7 heteroatoms. The first-order chi connectivity index (χ1) is 7.43. The summed E-state index contributed by atoms with van der Waals surface area (Å²) in [5.41, 5.74) is 7.18. The van der Waals surface area contributed by atoms with Crippen LogP contribution in [0.4, 0.5) is 4.79 Å². The van der Waals surface area contributed by atoms with Crippen molar-refractivity contribution >= 4 is 11.7 Å². The van der Waals surface area contributed by atoms with E-state index >= 15 is 0 Å². The lowest BCUT2D eigenvalue weighted by Crippen LogP contribution is -2.25. The lowest BCUT2D eigenvalue weighted by atomic mass is 10.1. The van der Waals surface area contributed by atoms with E-state index in [0.29, 0.717) is 0 Å². The van der Waals surface area contributed by atoms with Crippen molar-refractivity contribution in [2.45, 2.75) is 6.92 Å². The zero-order valence-corrected chi connectivity index (χ0v) is 8.43.